The Morgan fingerprint density at radius 2 is 1.81 bits per heavy atom. The van der Waals surface area contributed by atoms with Crippen LogP contribution in [-0.2, 0) is 9.59 Å². The maximum absolute atomic E-state index is 12.3. The predicted molar refractivity (Wildman–Crippen MR) is 135 cm³/mol. The average Bonchev–Trinajstić information content (AvgIpc) is 2.75. The summed E-state index contributed by atoms with van der Waals surface area (Å²) in [5.41, 5.74) is 4.30. The van der Waals surface area contributed by atoms with E-state index in [9.17, 15) is 9.59 Å². The summed E-state index contributed by atoms with van der Waals surface area (Å²) >= 11 is 0. The summed E-state index contributed by atoms with van der Waals surface area (Å²) in [6.45, 7) is 9.97. The molecule has 0 aliphatic carbocycles. The molecule has 0 unspecified atom stereocenters. The maximum Gasteiger partial charge on any atom is 0.241 e. The minimum atomic E-state index is -0.138. The highest BCUT2D eigenvalue weighted by molar-refractivity contribution is 8.76. The summed E-state index contributed by atoms with van der Waals surface area (Å²) in [5.74, 6) is 0.872. The fraction of sp³-hybridized carbons (Fsp3) is 0.609. The number of carbonyl (C=O) groups excluding carboxylic acids is 2. The first-order valence-electron chi connectivity index (χ1n) is 10.9. The smallest absolute Gasteiger partial charge is 0.241 e. The molecule has 0 aromatic heterocycles. The number of hydrazone groups is 1. The lowest BCUT2D eigenvalue weighted by molar-refractivity contribution is -0.133. The first kappa shape index (κ1) is 26.5. The molecule has 178 valence electrons. The third kappa shape index (κ3) is 9.42. The molecule has 32 heavy (non-hydrogen) atoms. The van der Waals surface area contributed by atoms with Crippen molar-refractivity contribution in [2.24, 2.45) is 5.10 Å². The number of rotatable bonds is 11. The van der Waals surface area contributed by atoms with E-state index >= 15 is 0 Å². The van der Waals surface area contributed by atoms with Crippen LogP contribution in [0.3, 0.4) is 0 Å². The van der Waals surface area contributed by atoms with Gasteiger partial charge in [0.25, 0.3) is 0 Å². The second-order valence-corrected chi connectivity index (χ2v) is 11.7. The first-order chi connectivity index (χ1) is 15.2. The Balaban J connectivity index is 1.72. The zero-order valence-electron chi connectivity index (χ0n) is 19.8. The van der Waals surface area contributed by atoms with Crippen LogP contribution >= 0.6 is 21.6 Å². The average molecular weight is 481 g/mol. The van der Waals surface area contributed by atoms with Gasteiger partial charge in [-0.1, -0.05) is 21.6 Å². The molecule has 1 aromatic carbocycles. The summed E-state index contributed by atoms with van der Waals surface area (Å²) < 4.78 is 5.64. The second kappa shape index (κ2) is 13.1. The molecule has 1 aliphatic rings. The SMILES string of the molecule is CSSC(C)(C)CC(=O)N/N=C(\C)c1ccc(OCCCC(=O)N2CCN(C)CC2)cc1. The van der Waals surface area contributed by atoms with Crippen molar-refractivity contribution < 1.29 is 14.3 Å². The van der Waals surface area contributed by atoms with Crippen LogP contribution in [0.25, 0.3) is 0 Å². The molecule has 0 bridgehead atoms. The highest BCUT2D eigenvalue weighted by atomic mass is 33.1. The van der Waals surface area contributed by atoms with E-state index in [1.807, 2.05) is 56.2 Å². The minimum absolute atomic E-state index is 0.0954. The molecule has 1 heterocycles. The first-order valence-corrected chi connectivity index (χ1v) is 13.5. The Morgan fingerprint density at radius 3 is 2.44 bits per heavy atom. The van der Waals surface area contributed by atoms with Crippen LogP contribution in [0.5, 0.6) is 5.75 Å². The van der Waals surface area contributed by atoms with Crippen LogP contribution in [0, 0.1) is 0 Å². The maximum atomic E-state index is 12.3. The molecule has 7 nitrogen and oxygen atoms in total. The van der Waals surface area contributed by atoms with Crippen LogP contribution in [-0.4, -0.2) is 78.2 Å². The molecular weight excluding hydrogens is 444 g/mol. The van der Waals surface area contributed by atoms with Crippen LogP contribution < -0.4 is 10.2 Å². The van der Waals surface area contributed by atoms with Crippen LogP contribution in [0.15, 0.2) is 29.4 Å². The molecule has 2 rings (SSSR count). The summed E-state index contributed by atoms with van der Waals surface area (Å²) in [7, 11) is 5.42. The van der Waals surface area contributed by atoms with Crippen LogP contribution in [0.2, 0.25) is 0 Å². The number of piperazine rings is 1. The summed E-state index contributed by atoms with van der Waals surface area (Å²) in [6.07, 6.45) is 3.62. The number of nitrogens with zero attached hydrogens (tertiary/aromatic N) is 3. The number of benzene rings is 1. The van der Waals surface area contributed by atoms with Gasteiger partial charge in [0.05, 0.1) is 12.3 Å². The van der Waals surface area contributed by atoms with E-state index in [1.165, 1.54) is 0 Å². The fourth-order valence-electron chi connectivity index (χ4n) is 3.31. The molecule has 1 aliphatic heterocycles. The van der Waals surface area contributed by atoms with E-state index < -0.39 is 0 Å². The van der Waals surface area contributed by atoms with Crippen molar-refractivity contribution >= 4 is 39.1 Å². The molecule has 9 heteroatoms. The number of amides is 2. The number of hydrogen-bond acceptors (Lipinski definition) is 7. The van der Waals surface area contributed by atoms with Gasteiger partial charge in [0.2, 0.25) is 11.8 Å². The number of ether oxygens (including phenoxy) is 1. The van der Waals surface area contributed by atoms with E-state index in [0.29, 0.717) is 25.9 Å². The molecule has 1 saturated heterocycles. The van der Waals surface area contributed by atoms with Gasteiger partial charge in [-0.15, -0.1) is 0 Å². The topological polar surface area (TPSA) is 74.2 Å². The highest BCUT2D eigenvalue weighted by Crippen LogP contribution is 2.36. The Hall–Kier alpha value is -1.71. The molecule has 2 amide bonds. The van der Waals surface area contributed by atoms with Crippen molar-refractivity contribution in [3.63, 3.8) is 0 Å². The van der Waals surface area contributed by atoms with Crippen molar-refractivity contribution in [3.05, 3.63) is 29.8 Å². The van der Waals surface area contributed by atoms with E-state index in [2.05, 4.69) is 22.5 Å². The Kier molecular flexibility index (Phi) is 10.9. The zero-order chi connectivity index (χ0) is 23.6. The largest absolute Gasteiger partial charge is 0.494 e. The van der Waals surface area contributed by atoms with Gasteiger partial charge in [0, 0.05) is 43.8 Å². The monoisotopic (exact) mass is 480 g/mol. The summed E-state index contributed by atoms with van der Waals surface area (Å²) in [4.78, 5) is 28.6. The fourth-order valence-corrected chi connectivity index (χ4v) is 5.48. The number of carbonyl (C=O) groups is 2. The molecule has 0 radical (unpaired) electrons. The van der Waals surface area contributed by atoms with Gasteiger partial charge >= 0.3 is 0 Å². The van der Waals surface area contributed by atoms with Crippen molar-refractivity contribution in [1.29, 1.82) is 0 Å². The van der Waals surface area contributed by atoms with Gasteiger partial charge in [-0.3, -0.25) is 9.59 Å². The van der Waals surface area contributed by atoms with Crippen molar-refractivity contribution in [2.75, 3.05) is 46.1 Å². The highest BCUT2D eigenvalue weighted by Gasteiger charge is 2.22. The van der Waals surface area contributed by atoms with Gasteiger partial charge in [-0.2, -0.15) is 5.10 Å². The normalized spacial score (nSPS) is 15.5. The zero-order valence-corrected chi connectivity index (χ0v) is 21.5. The van der Waals surface area contributed by atoms with Gasteiger partial charge in [0.1, 0.15) is 5.75 Å². The quantitative estimate of drug-likeness (QED) is 0.226. The molecule has 0 saturated carbocycles. The van der Waals surface area contributed by atoms with E-state index in [0.717, 1.165) is 43.2 Å². The number of likely N-dealkylation sites (N-methyl/N-ethyl adjacent to an activating group) is 1. The lowest BCUT2D eigenvalue weighted by atomic mass is 10.1. The molecule has 0 spiro atoms. The summed E-state index contributed by atoms with van der Waals surface area (Å²) in [5, 5.41) is 4.23. The van der Waals surface area contributed by atoms with Gasteiger partial charge in [0.15, 0.2) is 0 Å². The molecule has 0 atom stereocenters. The molecule has 1 aromatic rings. The lowest BCUT2D eigenvalue weighted by Gasteiger charge is -2.32. The van der Waals surface area contributed by atoms with Crippen LogP contribution in [0.4, 0.5) is 0 Å². The number of nitrogens with one attached hydrogen (secondary N) is 1. The Labute approximate surface area is 200 Å². The van der Waals surface area contributed by atoms with Crippen molar-refractivity contribution in [2.45, 2.75) is 44.8 Å². The van der Waals surface area contributed by atoms with Crippen molar-refractivity contribution in [1.82, 2.24) is 15.2 Å². The Morgan fingerprint density at radius 1 is 1.16 bits per heavy atom. The van der Waals surface area contributed by atoms with Gasteiger partial charge in [-0.25, -0.2) is 5.43 Å². The molecular formula is C23H36N4O3S2. The van der Waals surface area contributed by atoms with Crippen molar-refractivity contribution in [3.8, 4) is 5.75 Å². The second-order valence-electron chi connectivity index (χ2n) is 8.58. The predicted octanol–water partition coefficient (Wildman–Crippen LogP) is 3.64. The van der Waals surface area contributed by atoms with E-state index in [-0.39, 0.29) is 16.6 Å². The lowest BCUT2D eigenvalue weighted by Crippen LogP contribution is -2.47. The summed E-state index contributed by atoms with van der Waals surface area (Å²) in [6, 6.07) is 7.61. The molecule has 1 fully saturated rings. The third-order valence-corrected chi connectivity index (χ3v) is 7.79. The van der Waals surface area contributed by atoms with E-state index in [4.69, 9.17) is 4.74 Å². The third-order valence-electron chi connectivity index (χ3n) is 5.18. The van der Waals surface area contributed by atoms with E-state index in [1.54, 1.807) is 21.6 Å². The van der Waals surface area contributed by atoms with Gasteiger partial charge < -0.3 is 14.5 Å². The molecule has 1 N–H and O–H groups in total. The minimum Gasteiger partial charge on any atom is -0.494 e. The van der Waals surface area contributed by atoms with Gasteiger partial charge in [-0.05, 0) is 70.3 Å². The van der Waals surface area contributed by atoms with Crippen LogP contribution in [0.1, 0.15) is 45.6 Å². The number of hydrogen-bond donors (Lipinski definition) is 1. The Bertz CT molecular complexity index is 776. The standard InChI is InChI=1S/C23H36N4O3S2/c1-18(24-25-21(28)17-23(2,3)32-31-5)19-8-10-20(11-9-19)30-16-6-7-22(29)27-14-12-26(4)13-15-27/h8-11H,6-7,12-17H2,1-5H3,(H,25,28)/b24-18+.